The van der Waals surface area contributed by atoms with Crippen LogP contribution in [-0.4, -0.2) is 37.0 Å². The van der Waals surface area contributed by atoms with E-state index in [9.17, 15) is 9.18 Å². The highest BCUT2D eigenvalue weighted by Gasteiger charge is 2.24. The number of nitrogens with zero attached hydrogens (tertiary/aromatic N) is 2. The van der Waals surface area contributed by atoms with Gasteiger partial charge in [0.25, 0.3) is 5.91 Å². The highest BCUT2D eigenvalue weighted by molar-refractivity contribution is 9.10. The molecule has 132 valence electrons. The van der Waals surface area contributed by atoms with Gasteiger partial charge in [-0.1, -0.05) is 45.8 Å². The Hall–Kier alpha value is -1.92. The number of halogens is 2. The van der Waals surface area contributed by atoms with Gasteiger partial charge in [-0.05, 0) is 24.6 Å². The molecule has 1 aliphatic heterocycles. The molecule has 4 nitrogen and oxygen atoms in total. The van der Waals surface area contributed by atoms with E-state index in [0.717, 1.165) is 32.7 Å². The van der Waals surface area contributed by atoms with Crippen LogP contribution in [0.2, 0.25) is 0 Å². The lowest BCUT2D eigenvalue weighted by Gasteiger charge is -2.37. The first-order chi connectivity index (χ1) is 11.9. The summed E-state index contributed by atoms with van der Waals surface area (Å²) in [6, 6.07) is 11.5. The number of primary amides is 1. The fraction of sp³-hybridized carbons (Fsp3) is 0.316. The van der Waals surface area contributed by atoms with Crippen molar-refractivity contribution in [2.45, 2.75) is 13.5 Å². The van der Waals surface area contributed by atoms with Crippen molar-refractivity contribution in [1.82, 2.24) is 4.90 Å². The molecule has 1 saturated heterocycles. The largest absolute Gasteiger partial charge is 0.368 e. The van der Waals surface area contributed by atoms with E-state index >= 15 is 0 Å². The van der Waals surface area contributed by atoms with E-state index in [1.807, 2.05) is 4.90 Å². The maximum atomic E-state index is 14.2. The molecule has 0 radical (unpaired) electrons. The van der Waals surface area contributed by atoms with Gasteiger partial charge in [0.1, 0.15) is 5.82 Å². The van der Waals surface area contributed by atoms with E-state index < -0.39 is 11.7 Å². The number of benzene rings is 2. The molecule has 3 rings (SSSR count). The number of rotatable bonds is 4. The number of carbonyl (C=O) groups excluding carboxylic acids is 1. The van der Waals surface area contributed by atoms with Gasteiger partial charge < -0.3 is 10.6 Å². The lowest BCUT2D eigenvalue weighted by atomic mass is 10.1. The average Bonchev–Trinajstić information content (AvgIpc) is 2.54. The second-order valence-electron chi connectivity index (χ2n) is 6.40. The van der Waals surface area contributed by atoms with E-state index in [1.54, 1.807) is 6.07 Å². The van der Waals surface area contributed by atoms with Crippen LogP contribution in [-0.2, 0) is 6.54 Å². The number of hydrogen-bond donors (Lipinski definition) is 1. The summed E-state index contributed by atoms with van der Waals surface area (Å²) in [6.07, 6.45) is 0. The van der Waals surface area contributed by atoms with Crippen molar-refractivity contribution in [3.05, 3.63) is 63.4 Å². The van der Waals surface area contributed by atoms with Crippen molar-refractivity contribution in [2.24, 2.45) is 5.73 Å². The van der Waals surface area contributed by atoms with Gasteiger partial charge in [0, 0.05) is 37.2 Å². The smallest absolute Gasteiger partial charge is 0.253 e. The lowest BCUT2D eigenvalue weighted by Crippen LogP contribution is -2.46. The normalized spacial score (nSPS) is 15.4. The average molecular weight is 406 g/mol. The second kappa shape index (κ2) is 7.54. The van der Waals surface area contributed by atoms with Crippen LogP contribution >= 0.6 is 15.9 Å². The minimum absolute atomic E-state index is 0.0321. The Morgan fingerprint density at radius 3 is 2.56 bits per heavy atom. The van der Waals surface area contributed by atoms with Gasteiger partial charge in [0.15, 0.2) is 0 Å². The molecule has 1 aliphatic rings. The molecule has 0 aliphatic carbocycles. The zero-order valence-corrected chi connectivity index (χ0v) is 15.7. The molecule has 0 spiro atoms. The topological polar surface area (TPSA) is 49.6 Å². The van der Waals surface area contributed by atoms with Gasteiger partial charge in [0.05, 0.1) is 11.3 Å². The molecule has 0 unspecified atom stereocenters. The fourth-order valence-electron chi connectivity index (χ4n) is 3.27. The van der Waals surface area contributed by atoms with E-state index in [-0.39, 0.29) is 5.56 Å². The van der Waals surface area contributed by atoms with Crippen LogP contribution < -0.4 is 10.6 Å². The molecule has 6 heteroatoms. The van der Waals surface area contributed by atoms with E-state index in [1.165, 1.54) is 17.2 Å². The Labute approximate surface area is 155 Å². The third-order valence-electron chi connectivity index (χ3n) is 4.48. The van der Waals surface area contributed by atoms with Crippen LogP contribution in [0.25, 0.3) is 0 Å². The first-order valence-electron chi connectivity index (χ1n) is 8.26. The molecule has 1 heterocycles. The van der Waals surface area contributed by atoms with Gasteiger partial charge in [-0.2, -0.15) is 0 Å². The number of hydrogen-bond acceptors (Lipinski definition) is 3. The summed E-state index contributed by atoms with van der Waals surface area (Å²) < 4.78 is 14.8. The highest BCUT2D eigenvalue weighted by atomic mass is 79.9. The van der Waals surface area contributed by atoms with Crippen molar-refractivity contribution in [3.8, 4) is 0 Å². The molecular weight excluding hydrogens is 385 g/mol. The Balaban J connectivity index is 1.71. The van der Waals surface area contributed by atoms with Crippen LogP contribution in [0, 0.1) is 12.7 Å². The second-order valence-corrected chi connectivity index (χ2v) is 7.31. The Bertz CT molecular complexity index is 788. The summed E-state index contributed by atoms with van der Waals surface area (Å²) in [6.45, 7) is 6.13. The van der Waals surface area contributed by atoms with Crippen molar-refractivity contribution < 1.29 is 9.18 Å². The molecular formula is C19H21BrFN3O. The standard InChI is InChI=1S/C19H21BrFN3O/c1-13-3-2-4-14(9-13)12-23-5-7-24(8-6-23)17-11-15(20)10-16(21)18(17)19(22)25/h2-4,9-11H,5-8,12H2,1H3,(H2,22,25). The highest BCUT2D eigenvalue weighted by Crippen LogP contribution is 2.29. The van der Waals surface area contributed by atoms with E-state index in [4.69, 9.17) is 5.73 Å². The SMILES string of the molecule is Cc1cccc(CN2CCN(c3cc(Br)cc(F)c3C(N)=O)CC2)c1. The molecule has 0 atom stereocenters. The molecule has 1 amide bonds. The molecule has 2 N–H and O–H groups in total. The molecule has 0 saturated carbocycles. The van der Waals surface area contributed by atoms with Crippen molar-refractivity contribution in [2.75, 3.05) is 31.1 Å². The van der Waals surface area contributed by atoms with Crippen LogP contribution in [0.3, 0.4) is 0 Å². The minimum atomic E-state index is -0.734. The third-order valence-corrected chi connectivity index (χ3v) is 4.94. The number of amides is 1. The van der Waals surface area contributed by atoms with Crippen LogP contribution in [0.5, 0.6) is 0 Å². The van der Waals surface area contributed by atoms with Crippen molar-refractivity contribution >= 4 is 27.5 Å². The van der Waals surface area contributed by atoms with Crippen LogP contribution in [0.4, 0.5) is 10.1 Å². The zero-order chi connectivity index (χ0) is 18.0. The fourth-order valence-corrected chi connectivity index (χ4v) is 3.69. The van der Waals surface area contributed by atoms with Crippen molar-refractivity contribution in [1.29, 1.82) is 0 Å². The number of carbonyl (C=O) groups is 1. The van der Waals surface area contributed by atoms with E-state index in [2.05, 4.69) is 52.0 Å². The molecule has 2 aromatic carbocycles. The van der Waals surface area contributed by atoms with E-state index in [0.29, 0.717) is 10.2 Å². The van der Waals surface area contributed by atoms with Gasteiger partial charge in [-0.15, -0.1) is 0 Å². The lowest BCUT2D eigenvalue weighted by molar-refractivity contribution is 0.0996. The summed E-state index contributed by atoms with van der Waals surface area (Å²) in [5.74, 6) is -1.32. The summed E-state index contributed by atoms with van der Waals surface area (Å²) in [5.41, 5.74) is 8.46. The van der Waals surface area contributed by atoms with Gasteiger partial charge in [0.2, 0.25) is 0 Å². The number of anilines is 1. The first kappa shape index (κ1) is 17.9. The van der Waals surface area contributed by atoms with Gasteiger partial charge >= 0.3 is 0 Å². The number of aryl methyl sites for hydroxylation is 1. The number of piperazine rings is 1. The summed E-state index contributed by atoms with van der Waals surface area (Å²) in [4.78, 5) is 16.1. The maximum Gasteiger partial charge on any atom is 0.253 e. The Morgan fingerprint density at radius 2 is 1.92 bits per heavy atom. The predicted octanol–water partition coefficient (Wildman–Crippen LogP) is 3.32. The zero-order valence-electron chi connectivity index (χ0n) is 14.1. The molecule has 1 fully saturated rings. The molecule has 0 bridgehead atoms. The van der Waals surface area contributed by atoms with Crippen molar-refractivity contribution in [3.63, 3.8) is 0 Å². The van der Waals surface area contributed by atoms with Gasteiger partial charge in [-0.25, -0.2) is 4.39 Å². The molecule has 2 aromatic rings. The maximum absolute atomic E-state index is 14.2. The minimum Gasteiger partial charge on any atom is -0.368 e. The third kappa shape index (κ3) is 4.19. The summed E-state index contributed by atoms with van der Waals surface area (Å²) in [5, 5.41) is 0. The van der Waals surface area contributed by atoms with Gasteiger partial charge in [-0.3, -0.25) is 9.69 Å². The molecule has 25 heavy (non-hydrogen) atoms. The predicted molar refractivity (Wildman–Crippen MR) is 101 cm³/mol. The number of nitrogens with two attached hydrogens (primary N) is 1. The Kier molecular flexibility index (Phi) is 5.39. The summed E-state index contributed by atoms with van der Waals surface area (Å²) in [7, 11) is 0. The monoisotopic (exact) mass is 405 g/mol. The quantitative estimate of drug-likeness (QED) is 0.848. The first-order valence-corrected chi connectivity index (χ1v) is 9.05. The summed E-state index contributed by atoms with van der Waals surface area (Å²) >= 11 is 3.30. The Morgan fingerprint density at radius 1 is 1.20 bits per heavy atom. The van der Waals surface area contributed by atoms with Crippen LogP contribution in [0.1, 0.15) is 21.5 Å². The molecule has 0 aromatic heterocycles. The van der Waals surface area contributed by atoms with Crippen LogP contribution in [0.15, 0.2) is 40.9 Å².